The summed E-state index contributed by atoms with van der Waals surface area (Å²) in [5.74, 6) is -0.846. The third-order valence-electron chi connectivity index (χ3n) is 6.26. The van der Waals surface area contributed by atoms with E-state index in [0.29, 0.717) is 23.8 Å². The Bertz CT molecular complexity index is 1630. The van der Waals surface area contributed by atoms with Crippen LogP contribution in [-0.2, 0) is 21.2 Å². The number of carbonyl (C=O) groups excluding carboxylic acids is 1. The van der Waals surface area contributed by atoms with Crippen LogP contribution in [0.25, 0.3) is 11.0 Å². The first-order valence-corrected chi connectivity index (χ1v) is 14.1. The standard InChI is InChI=1S/C29H28ClNO6S/c1-4-8-25(31-38(34,35)21-13-11-18(2)12-14-21)29(33)37-27-17-26-22(16-24(27)30)19(3)23(28(32)36-26)15-20-9-6-5-7-10-20/h5-7,9-14,16-17,25,31H,4,8,15H2,1-3H3/t25-/m1/s1. The van der Waals surface area contributed by atoms with Gasteiger partial charge in [-0.2, -0.15) is 4.72 Å². The third-order valence-corrected chi connectivity index (χ3v) is 8.05. The van der Waals surface area contributed by atoms with Crippen LogP contribution in [0.15, 0.2) is 80.8 Å². The Hall–Kier alpha value is -3.46. The first-order valence-electron chi connectivity index (χ1n) is 12.2. The quantitative estimate of drug-likeness (QED) is 0.162. The minimum Gasteiger partial charge on any atom is -0.424 e. The number of esters is 1. The van der Waals surface area contributed by atoms with Crippen LogP contribution in [0.2, 0.25) is 5.02 Å². The van der Waals surface area contributed by atoms with Crippen LogP contribution >= 0.6 is 11.6 Å². The lowest BCUT2D eigenvalue weighted by Crippen LogP contribution is -2.42. The molecule has 198 valence electrons. The Balaban J connectivity index is 1.61. The zero-order valence-corrected chi connectivity index (χ0v) is 22.9. The van der Waals surface area contributed by atoms with E-state index >= 15 is 0 Å². The van der Waals surface area contributed by atoms with Gasteiger partial charge < -0.3 is 9.15 Å². The predicted molar refractivity (Wildman–Crippen MR) is 147 cm³/mol. The molecule has 0 amide bonds. The van der Waals surface area contributed by atoms with Gasteiger partial charge in [0, 0.05) is 23.4 Å². The Morgan fingerprint density at radius 3 is 2.39 bits per heavy atom. The van der Waals surface area contributed by atoms with Crippen molar-refractivity contribution in [3.63, 3.8) is 0 Å². The van der Waals surface area contributed by atoms with E-state index in [1.165, 1.54) is 18.2 Å². The molecule has 1 heterocycles. The molecule has 7 nitrogen and oxygen atoms in total. The summed E-state index contributed by atoms with van der Waals surface area (Å²) in [7, 11) is -3.97. The maximum absolute atomic E-state index is 13.0. The number of sulfonamides is 1. The zero-order chi connectivity index (χ0) is 27.4. The Kier molecular flexibility index (Phi) is 8.35. The minimum atomic E-state index is -3.97. The molecule has 0 aliphatic carbocycles. The van der Waals surface area contributed by atoms with E-state index in [4.69, 9.17) is 20.8 Å². The van der Waals surface area contributed by atoms with Gasteiger partial charge in [-0.1, -0.05) is 73.0 Å². The molecule has 4 rings (SSSR count). The number of ether oxygens (including phenoxy) is 1. The van der Waals surface area contributed by atoms with Crippen molar-refractivity contribution in [1.29, 1.82) is 0 Å². The summed E-state index contributed by atoms with van der Waals surface area (Å²) in [4.78, 5) is 25.9. The molecule has 4 aromatic rings. The van der Waals surface area contributed by atoms with Gasteiger partial charge in [0.05, 0.1) is 9.92 Å². The second-order valence-electron chi connectivity index (χ2n) is 9.13. The van der Waals surface area contributed by atoms with E-state index in [9.17, 15) is 18.0 Å². The smallest absolute Gasteiger partial charge is 0.340 e. The highest BCUT2D eigenvalue weighted by atomic mass is 35.5. The van der Waals surface area contributed by atoms with Gasteiger partial charge >= 0.3 is 11.6 Å². The van der Waals surface area contributed by atoms with Crippen LogP contribution in [0.5, 0.6) is 5.75 Å². The van der Waals surface area contributed by atoms with Crippen LogP contribution in [0.3, 0.4) is 0 Å². The molecule has 0 saturated carbocycles. The van der Waals surface area contributed by atoms with Crippen molar-refractivity contribution in [2.45, 2.75) is 51.0 Å². The van der Waals surface area contributed by atoms with Crippen LogP contribution in [0.4, 0.5) is 0 Å². The van der Waals surface area contributed by atoms with Crippen LogP contribution in [0.1, 0.15) is 42.0 Å². The normalized spacial score (nSPS) is 12.4. The van der Waals surface area contributed by atoms with Gasteiger partial charge in [0.25, 0.3) is 0 Å². The largest absolute Gasteiger partial charge is 0.424 e. The average Bonchev–Trinajstić information content (AvgIpc) is 2.88. The highest BCUT2D eigenvalue weighted by molar-refractivity contribution is 7.89. The molecule has 0 spiro atoms. The van der Waals surface area contributed by atoms with E-state index in [-0.39, 0.29) is 27.7 Å². The molecule has 9 heteroatoms. The maximum Gasteiger partial charge on any atom is 0.340 e. The number of nitrogens with one attached hydrogen (secondary N) is 1. The summed E-state index contributed by atoms with van der Waals surface area (Å²) in [6, 6.07) is 17.7. The zero-order valence-electron chi connectivity index (χ0n) is 21.3. The average molecular weight is 554 g/mol. The fraction of sp³-hybridized carbons (Fsp3) is 0.241. The number of carbonyl (C=O) groups is 1. The van der Waals surface area contributed by atoms with E-state index in [1.807, 2.05) is 51.1 Å². The lowest BCUT2D eigenvalue weighted by molar-refractivity contribution is -0.136. The summed E-state index contributed by atoms with van der Waals surface area (Å²) >= 11 is 6.46. The first kappa shape index (κ1) is 27.6. The van der Waals surface area contributed by atoms with Gasteiger partial charge in [0.1, 0.15) is 11.6 Å². The van der Waals surface area contributed by atoms with E-state index in [2.05, 4.69) is 4.72 Å². The Morgan fingerprint density at radius 2 is 1.74 bits per heavy atom. The SMILES string of the molecule is CCC[C@@H](NS(=O)(=O)c1ccc(C)cc1)C(=O)Oc1cc2oc(=O)c(Cc3ccccc3)c(C)c2cc1Cl. The van der Waals surface area contributed by atoms with Gasteiger partial charge in [-0.25, -0.2) is 18.0 Å². The van der Waals surface area contributed by atoms with Crippen molar-refractivity contribution in [2.24, 2.45) is 0 Å². The van der Waals surface area contributed by atoms with Crippen molar-refractivity contribution in [2.75, 3.05) is 0 Å². The molecule has 0 fully saturated rings. The molecular weight excluding hydrogens is 526 g/mol. The maximum atomic E-state index is 13.0. The lowest BCUT2D eigenvalue weighted by atomic mass is 9.99. The molecule has 1 aromatic heterocycles. The van der Waals surface area contributed by atoms with Crippen LogP contribution < -0.4 is 15.1 Å². The fourth-order valence-electron chi connectivity index (χ4n) is 4.14. The topological polar surface area (TPSA) is 103 Å². The molecule has 1 N–H and O–H groups in total. The summed E-state index contributed by atoms with van der Waals surface area (Å²) < 4.78 is 39.3. The number of hydrogen-bond acceptors (Lipinski definition) is 6. The summed E-state index contributed by atoms with van der Waals surface area (Å²) in [5.41, 5.74) is 2.83. The molecule has 0 bridgehead atoms. The van der Waals surface area contributed by atoms with Gasteiger partial charge in [0.2, 0.25) is 10.0 Å². The Morgan fingerprint density at radius 1 is 1.05 bits per heavy atom. The van der Waals surface area contributed by atoms with Gasteiger partial charge in [-0.15, -0.1) is 0 Å². The molecule has 0 unspecified atom stereocenters. The molecular formula is C29H28ClNO6S. The van der Waals surface area contributed by atoms with Crippen molar-refractivity contribution in [3.8, 4) is 5.75 Å². The Labute approximate surface area is 226 Å². The van der Waals surface area contributed by atoms with Crippen molar-refractivity contribution in [3.05, 3.63) is 104 Å². The summed E-state index contributed by atoms with van der Waals surface area (Å²) in [6.45, 7) is 5.49. The monoisotopic (exact) mass is 553 g/mol. The highest BCUT2D eigenvalue weighted by Gasteiger charge is 2.28. The second-order valence-corrected chi connectivity index (χ2v) is 11.3. The van der Waals surface area contributed by atoms with E-state index in [0.717, 1.165) is 16.7 Å². The van der Waals surface area contributed by atoms with Crippen molar-refractivity contribution in [1.82, 2.24) is 4.72 Å². The van der Waals surface area contributed by atoms with Crippen molar-refractivity contribution < 1.29 is 22.4 Å². The van der Waals surface area contributed by atoms with Gasteiger partial charge in [-0.05, 0) is 49.6 Å². The molecule has 0 aliphatic rings. The van der Waals surface area contributed by atoms with Gasteiger partial charge in [0.15, 0.2) is 5.75 Å². The molecule has 0 radical (unpaired) electrons. The first-order chi connectivity index (χ1) is 18.1. The number of benzene rings is 3. The molecule has 0 aliphatic heterocycles. The third kappa shape index (κ3) is 6.15. The lowest BCUT2D eigenvalue weighted by Gasteiger charge is -2.18. The molecule has 3 aromatic carbocycles. The summed E-state index contributed by atoms with van der Waals surface area (Å²) in [5, 5.41) is 0.746. The van der Waals surface area contributed by atoms with E-state index < -0.39 is 27.7 Å². The predicted octanol–water partition coefficient (Wildman–Crippen LogP) is 5.71. The number of aryl methyl sites for hydroxylation is 2. The summed E-state index contributed by atoms with van der Waals surface area (Å²) in [6.07, 6.45) is 1.14. The number of rotatable bonds is 9. The van der Waals surface area contributed by atoms with Crippen LogP contribution in [0, 0.1) is 13.8 Å². The second kappa shape index (κ2) is 11.5. The molecule has 0 saturated heterocycles. The van der Waals surface area contributed by atoms with E-state index in [1.54, 1.807) is 18.2 Å². The molecule has 38 heavy (non-hydrogen) atoms. The van der Waals surface area contributed by atoms with Gasteiger partial charge in [-0.3, -0.25) is 0 Å². The number of halogens is 1. The minimum absolute atomic E-state index is 0.0295. The van der Waals surface area contributed by atoms with Crippen LogP contribution in [-0.4, -0.2) is 20.4 Å². The molecule has 1 atom stereocenters. The van der Waals surface area contributed by atoms with Crippen molar-refractivity contribution >= 4 is 38.6 Å². The number of hydrogen-bond donors (Lipinski definition) is 1. The highest BCUT2D eigenvalue weighted by Crippen LogP contribution is 2.33. The fourth-order valence-corrected chi connectivity index (χ4v) is 5.56. The number of fused-ring (bicyclic) bond motifs is 1.